The van der Waals surface area contributed by atoms with Gasteiger partial charge in [-0.3, -0.25) is 0 Å². The molecule has 19 heavy (non-hydrogen) atoms. The quantitative estimate of drug-likeness (QED) is 0.923. The van der Waals surface area contributed by atoms with Crippen molar-refractivity contribution in [1.82, 2.24) is 4.57 Å². The number of aromatic nitrogens is 1. The maximum Gasteiger partial charge on any atom is 0.165 e. The van der Waals surface area contributed by atoms with E-state index in [4.69, 9.17) is 10.5 Å². The molecule has 1 aliphatic carbocycles. The van der Waals surface area contributed by atoms with Crippen molar-refractivity contribution in [3.8, 4) is 5.75 Å². The molecule has 0 spiro atoms. The Hall–Kier alpha value is -1.55. The Labute approximate surface area is 112 Å². The van der Waals surface area contributed by atoms with Crippen LogP contribution in [-0.2, 0) is 12.8 Å². The van der Waals surface area contributed by atoms with Crippen molar-refractivity contribution in [3.05, 3.63) is 29.2 Å². The Balaban J connectivity index is 2.33. The summed E-state index contributed by atoms with van der Waals surface area (Å²) in [6.45, 7) is 2.07. The monoisotopic (exact) mass is 262 g/mol. The van der Waals surface area contributed by atoms with Gasteiger partial charge < -0.3 is 15.0 Å². The van der Waals surface area contributed by atoms with Crippen LogP contribution in [0.15, 0.2) is 12.1 Å². The Kier molecular flexibility index (Phi) is 2.97. The van der Waals surface area contributed by atoms with Crippen LogP contribution in [0.1, 0.15) is 37.2 Å². The maximum absolute atomic E-state index is 13.9. The number of hydrogen-bond acceptors (Lipinski definition) is 2. The zero-order valence-electron chi connectivity index (χ0n) is 11.4. The summed E-state index contributed by atoms with van der Waals surface area (Å²) in [6, 6.07) is 3.37. The second-order valence-electron chi connectivity index (χ2n) is 5.13. The molecule has 1 heterocycles. The molecule has 3 nitrogen and oxygen atoms in total. The highest BCUT2D eigenvalue weighted by molar-refractivity contribution is 5.87. The van der Waals surface area contributed by atoms with Gasteiger partial charge in [0.25, 0.3) is 0 Å². The lowest BCUT2D eigenvalue weighted by molar-refractivity contribution is 0.387. The van der Waals surface area contributed by atoms with Crippen molar-refractivity contribution < 1.29 is 9.13 Å². The molecule has 4 heteroatoms. The van der Waals surface area contributed by atoms with E-state index in [2.05, 4.69) is 11.5 Å². The lowest BCUT2D eigenvalue weighted by atomic mass is 10.1. The number of fused-ring (bicyclic) bond motifs is 3. The highest BCUT2D eigenvalue weighted by Crippen LogP contribution is 2.37. The summed E-state index contributed by atoms with van der Waals surface area (Å²) in [5, 5.41) is 0.995. The van der Waals surface area contributed by atoms with Crippen LogP contribution in [0, 0.1) is 5.82 Å². The van der Waals surface area contributed by atoms with Crippen molar-refractivity contribution in [2.75, 3.05) is 7.11 Å². The molecule has 2 N–H and O–H groups in total. The second kappa shape index (κ2) is 4.53. The van der Waals surface area contributed by atoms with Gasteiger partial charge in [-0.15, -0.1) is 0 Å². The summed E-state index contributed by atoms with van der Waals surface area (Å²) in [4.78, 5) is 0. The first-order valence-corrected chi connectivity index (χ1v) is 6.82. The number of methoxy groups -OCH3 is 1. The first kappa shape index (κ1) is 12.5. The number of hydrogen-bond donors (Lipinski definition) is 1. The normalized spacial score (nSPS) is 15.8. The minimum Gasteiger partial charge on any atom is -0.494 e. The molecule has 0 unspecified atom stereocenters. The Morgan fingerprint density at radius 2 is 2.21 bits per heavy atom. The van der Waals surface area contributed by atoms with Crippen LogP contribution in [0.4, 0.5) is 4.39 Å². The van der Waals surface area contributed by atoms with Gasteiger partial charge >= 0.3 is 0 Å². The third-order valence-corrected chi connectivity index (χ3v) is 4.08. The Bertz CT molecular complexity index is 633. The van der Waals surface area contributed by atoms with E-state index in [1.807, 2.05) is 0 Å². The molecular formula is C15H19FN2O. The first-order valence-electron chi connectivity index (χ1n) is 6.82. The van der Waals surface area contributed by atoms with E-state index in [0.29, 0.717) is 0 Å². The third kappa shape index (κ3) is 1.74. The van der Waals surface area contributed by atoms with Gasteiger partial charge in [-0.05, 0) is 37.3 Å². The lowest BCUT2D eigenvalue weighted by Gasteiger charge is -2.17. The van der Waals surface area contributed by atoms with Gasteiger partial charge in [0.2, 0.25) is 0 Å². The Morgan fingerprint density at radius 3 is 2.89 bits per heavy atom. The zero-order valence-corrected chi connectivity index (χ0v) is 11.4. The van der Waals surface area contributed by atoms with E-state index in [9.17, 15) is 4.39 Å². The van der Waals surface area contributed by atoms with Gasteiger partial charge in [0.05, 0.1) is 18.8 Å². The summed E-state index contributed by atoms with van der Waals surface area (Å²) in [5.74, 6) is -0.0138. The average Bonchev–Trinajstić information content (AvgIpc) is 2.97. The molecule has 0 amide bonds. The molecule has 1 aromatic carbocycles. The number of ether oxygens (including phenoxy) is 1. The standard InChI is InChI=1S/C15H19FN2O/c1-3-15(17)18-12-6-4-5-9(12)10-7-11(16)14(19-2)8-13(10)18/h7-8,15H,3-6,17H2,1-2H3/t15-/m0/s1. The van der Waals surface area contributed by atoms with E-state index in [-0.39, 0.29) is 17.7 Å². The van der Waals surface area contributed by atoms with Crippen molar-refractivity contribution in [2.45, 2.75) is 38.8 Å². The predicted octanol–water partition coefficient (Wildman–Crippen LogP) is 3.15. The molecule has 2 aromatic rings. The SMILES string of the molecule is CC[C@@H](N)n1c2c(c3cc(F)c(OC)cc31)CCC2. The van der Waals surface area contributed by atoms with E-state index >= 15 is 0 Å². The molecule has 0 saturated heterocycles. The van der Waals surface area contributed by atoms with Crippen LogP contribution >= 0.6 is 0 Å². The molecule has 0 radical (unpaired) electrons. The summed E-state index contributed by atoms with van der Waals surface area (Å²) < 4.78 is 21.2. The van der Waals surface area contributed by atoms with Gasteiger partial charge in [0.15, 0.2) is 11.6 Å². The van der Waals surface area contributed by atoms with Crippen molar-refractivity contribution >= 4 is 10.9 Å². The molecule has 1 aromatic heterocycles. The van der Waals surface area contributed by atoms with Crippen LogP contribution < -0.4 is 10.5 Å². The van der Waals surface area contributed by atoms with Gasteiger partial charge in [0.1, 0.15) is 0 Å². The minimum absolute atomic E-state index is 0.0560. The molecule has 3 rings (SSSR count). The van der Waals surface area contributed by atoms with E-state index in [1.165, 1.54) is 18.4 Å². The van der Waals surface area contributed by atoms with Gasteiger partial charge in [-0.1, -0.05) is 6.92 Å². The second-order valence-corrected chi connectivity index (χ2v) is 5.13. The van der Waals surface area contributed by atoms with Gasteiger partial charge in [-0.25, -0.2) is 4.39 Å². The Morgan fingerprint density at radius 1 is 1.42 bits per heavy atom. The highest BCUT2D eigenvalue weighted by Gasteiger charge is 2.25. The van der Waals surface area contributed by atoms with Gasteiger partial charge in [0, 0.05) is 17.1 Å². The van der Waals surface area contributed by atoms with Crippen molar-refractivity contribution in [2.24, 2.45) is 5.73 Å². The molecule has 0 saturated carbocycles. The number of benzene rings is 1. The predicted molar refractivity (Wildman–Crippen MR) is 74.0 cm³/mol. The molecule has 102 valence electrons. The average molecular weight is 262 g/mol. The van der Waals surface area contributed by atoms with Gasteiger partial charge in [-0.2, -0.15) is 0 Å². The van der Waals surface area contributed by atoms with Crippen LogP contribution in [0.2, 0.25) is 0 Å². The number of nitrogens with zero attached hydrogens (tertiary/aromatic N) is 1. The molecule has 0 fully saturated rings. The summed E-state index contributed by atoms with van der Waals surface area (Å²) >= 11 is 0. The zero-order chi connectivity index (χ0) is 13.6. The molecule has 1 atom stereocenters. The number of halogens is 1. The fourth-order valence-electron chi connectivity index (χ4n) is 3.13. The van der Waals surface area contributed by atoms with E-state index in [0.717, 1.165) is 36.6 Å². The minimum atomic E-state index is -0.299. The summed E-state index contributed by atoms with van der Waals surface area (Å²) in [6.07, 6.45) is 3.98. The highest BCUT2D eigenvalue weighted by atomic mass is 19.1. The summed E-state index contributed by atoms with van der Waals surface area (Å²) in [5.41, 5.74) is 9.77. The van der Waals surface area contributed by atoms with Crippen LogP contribution in [0.3, 0.4) is 0 Å². The molecule has 0 aliphatic heterocycles. The topological polar surface area (TPSA) is 40.2 Å². The van der Waals surface area contributed by atoms with E-state index < -0.39 is 0 Å². The van der Waals surface area contributed by atoms with E-state index in [1.54, 1.807) is 12.1 Å². The molecule has 0 bridgehead atoms. The smallest absolute Gasteiger partial charge is 0.165 e. The van der Waals surface area contributed by atoms with Crippen molar-refractivity contribution in [1.29, 1.82) is 0 Å². The van der Waals surface area contributed by atoms with Crippen molar-refractivity contribution in [3.63, 3.8) is 0 Å². The largest absolute Gasteiger partial charge is 0.494 e. The number of aryl methyl sites for hydroxylation is 1. The fraction of sp³-hybridized carbons (Fsp3) is 0.467. The molecular weight excluding hydrogens is 243 g/mol. The lowest BCUT2D eigenvalue weighted by Crippen LogP contribution is -2.19. The van der Waals surface area contributed by atoms with Crippen LogP contribution in [-0.4, -0.2) is 11.7 Å². The number of nitrogens with two attached hydrogens (primary N) is 1. The number of rotatable bonds is 3. The third-order valence-electron chi connectivity index (χ3n) is 4.08. The fourth-order valence-corrected chi connectivity index (χ4v) is 3.13. The molecule has 1 aliphatic rings. The van der Waals surface area contributed by atoms with Crippen LogP contribution in [0.25, 0.3) is 10.9 Å². The summed E-state index contributed by atoms with van der Waals surface area (Å²) in [7, 11) is 1.49. The van der Waals surface area contributed by atoms with Crippen LogP contribution in [0.5, 0.6) is 5.75 Å². The first-order chi connectivity index (χ1) is 9.17. The maximum atomic E-state index is 13.9.